The minimum atomic E-state index is -4.57. The Hall–Kier alpha value is -0.500. The number of hydrogen-bond donors (Lipinski definition) is 2. The number of unbranched alkanes of at least 4 members (excludes halogenated alkanes) is 53. The van der Waals surface area contributed by atoms with Crippen LogP contribution in [0.1, 0.15) is 380 Å². The molecular formula is C68H139N2O6P. The van der Waals surface area contributed by atoms with Crippen LogP contribution in [0.3, 0.4) is 0 Å². The van der Waals surface area contributed by atoms with Crippen molar-refractivity contribution in [1.29, 1.82) is 0 Å². The lowest BCUT2D eigenvalue weighted by molar-refractivity contribution is -0.870. The standard InChI is InChI=1S/C68H139N2O6P/c1-6-8-10-12-14-16-18-20-22-24-26-28-29-30-31-32-33-34-35-36-37-38-39-40-41-42-44-46-48-50-52-54-56-58-60-62-68(72)69-66(65-76-77(73,74)75-64-63-70(3,4)5)67(71)61-59-57-55-53-51-49-47-45-43-27-25-23-21-19-17-15-13-11-9-7-2/h66-67,71H,6-65H2,1-5H3,(H-,69,72,73,74). The van der Waals surface area contributed by atoms with E-state index in [0.717, 1.165) is 38.5 Å². The van der Waals surface area contributed by atoms with Gasteiger partial charge in [0.05, 0.1) is 39.9 Å². The third-order valence-corrected chi connectivity index (χ3v) is 17.6. The Morgan fingerprint density at radius 2 is 0.636 bits per heavy atom. The number of likely N-dealkylation sites (N-methyl/N-ethyl adjacent to an activating group) is 1. The number of rotatable bonds is 66. The molecule has 77 heavy (non-hydrogen) atoms. The van der Waals surface area contributed by atoms with Crippen molar-refractivity contribution < 1.29 is 32.9 Å². The van der Waals surface area contributed by atoms with Crippen LogP contribution in [0.5, 0.6) is 0 Å². The number of carbonyl (C=O) groups excluding carboxylic acids is 1. The first-order valence-corrected chi connectivity index (χ1v) is 36.3. The molecule has 0 bridgehead atoms. The lowest BCUT2D eigenvalue weighted by Crippen LogP contribution is -2.46. The Morgan fingerprint density at radius 3 is 0.883 bits per heavy atom. The van der Waals surface area contributed by atoms with E-state index in [1.165, 1.54) is 315 Å². The highest BCUT2D eigenvalue weighted by Gasteiger charge is 2.24. The molecule has 0 aliphatic rings. The van der Waals surface area contributed by atoms with Gasteiger partial charge in [-0.1, -0.05) is 361 Å². The molecule has 0 aromatic carbocycles. The van der Waals surface area contributed by atoms with E-state index in [2.05, 4.69) is 19.2 Å². The molecule has 0 heterocycles. The third kappa shape index (κ3) is 62.9. The Balaban J connectivity index is 3.92. The van der Waals surface area contributed by atoms with Crippen molar-refractivity contribution in [1.82, 2.24) is 5.32 Å². The molecule has 0 aromatic heterocycles. The van der Waals surface area contributed by atoms with E-state index in [-0.39, 0.29) is 19.1 Å². The first-order chi connectivity index (χ1) is 37.5. The van der Waals surface area contributed by atoms with Gasteiger partial charge in [0, 0.05) is 6.42 Å². The molecule has 0 spiro atoms. The third-order valence-electron chi connectivity index (χ3n) is 16.6. The average molecular weight is 1110 g/mol. The summed E-state index contributed by atoms with van der Waals surface area (Å²) in [5, 5.41) is 14.1. The van der Waals surface area contributed by atoms with Crippen molar-refractivity contribution in [3.8, 4) is 0 Å². The highest BCUT2D eigenvalue weighted by molar-refractivity contribution is 7.45. The van der Waals surface area contributed by atoms with Crippen LogP contribution in [0.2, 0.25) is 0 Å². The van der Waals surface area contributed by atoms with Crippen molar-refractivity contribution in [2.75, 3.05) is 40.9 Å². The number of phosphoric acid groups is 1. The van der Waals surface area contributed by atoms with E-state index in [0.29, 0.717) is 23.9 Å². The largest absolute Gasteiger partial charge is 0.756 e. The second kappa shape index (κ2) is 60.1. The van der Waals surface area contributed by atoms with Gasteiger partial charge in [-0.15, -0.1) is 0 Å². The van der Waals surface area contributed by atoms with Crippen LogP contribution >= 0.6 is 7.82 Å². The van der Waals surface area contributed by atoms with Gasteiger partial charge in [-0.25, -0.2) is 0 Å². The zero-order valence-electron chi connectivity index (χ0n) is 53.0. The lowest BCUT2D eigenvalue weighted by Gasteiger charge is -2.30. The highest BCUT2D eigenvalue weighted by atomic mass is 31.2. The zero-order chi connectivity index (χ0) is 56.3. The Morgan fingerprint density at radius 1 is 0.403 bits per heavy atom. The Kier molecular flexibility index (Phi) is 59.7. The van der Waals surface area contributed by atoms with E-state index in [4.69, 9.17) is 9.05 Å². The minimum Gasteiger partial charge on any atom is -0.756 e. The maximum atomic E-state index is 13.0. The Labute approximate surface area is 482 Å². The number of amides is 1. The van der Waals surface area contributed by atoms with Crippen LogP contribution in [-0.2, 0) is 18.4 Å². The summed E-state index contributed by atoms with van der Waals surface area (Å²) in [5.41, 5.74) is 0. The molecule has 0 fully saturated rings. The summed E-state index contributed by atoms with van der Waals surface area (Å²) >= 11 is 0. The van der Waals surface area contributed by atoms with Crippen LogP contribution < -0.4 is 10.2 Å². The van der Waals surface area contributed by atoms with Gasteiger partial charge in [0.15, 0.2) is 0 Å². The lowest BCUT2D eigenvalue weighted by atomic mass is 10.0. The molecule has 0 saturated heterocycles. The van der Waals surface area contributed by atoms with Crippen molar-refractivity contribution in [3.05, 3.63) is 0 Å². The monoisotopic (exact) mass is 1110 g/mol. The van der Waals surface area contributed by atoms with Gasteiger partial charge < -0.3 is 28.8 Å². The zero-order valence-corrected chi connectivity index (χ0v) is 53.9. The SMILES string of the molecule is CCCCCCCCCCCCCCCCCCCCCCCCCCCCCCCCCCCCCC(=O)NC(COP(=O)([O-])OCC[N+](C)(C)C)C(O)CCCCCCCCCCCCCCCCCCCCCC. The number of quaternary nitrogens is 1. The molecule has 0 aliphatic carbocycles. The fourth-order valence-corrected chi connectivity index (χ4v) is 11.9. The molecule has 0 aromatic rings. The van der Waals surface area contributed by atoms with Gasteiger partial charge in [-0.3, -0.25) is 9.36 Å². The van der Waals surface area contributed by atoms with E-state index in [1.54, 1.807) is 0 Å². The smallest absolute Gasteiger partial charge is 0.268 e. The molecule has 0 saturated carbocycles. The molecular weight excluding hydrogens is 972 g/mol. The fourth-order valence-electron chi connectivity index (χ4n) is 11.2. The second-order valence-electron chi connectivity index (χ2n) is 25.6. The van der Waals surface area contributed by atoms with Crippen LogP contribution in [0.4, 0.5) is 0 Å². The van der Waals surface area contributed by atoms with E-state index >= 15 is 0 Å². The van der Waals surface area contributed by atoms with E-state index in [9.17, 15) is 19.4 Å². The summed E-state index contributed by atoms with van der Waals surface area (Å²) in [7, 11) is 1.33. The van der Waals surface area contributed by atoms with E-state index in [1.807, 2.05) is 21.1 Å². The molecule has 3 unspecified atom stereocenters. The molecule has 9 heteroatoms. The number of aliphatic hydroxyl groups is 1. The van der Waals surface area contributed by atoms with Gasteiger partial charge >= 0.3 is 0 Å². The van der Waals surface area contributed by atoms with E-state index < -0.39 is 20.0 Å². The molecule has 0 radical (unpaired) electrons. The summed E-state index contributed by atoms with van der Waals surface area (Å²) < 4.78 is 23.5. The fraction of sp³-hybridized carbons (Fsp3) is 0.985. The van der Waals surface area contributed by atoms with Crippen molar-refractivity contribution >= 4 is 13.7 Å². The number of phosphoric ester groups is 1. The maximum absolute atomic E-state index is 13.0. The average Bonchev–Trinajstić information content (AvgIpc) is 3.39. The summed E-state index contributed by atoms with van der Waals surface area (Å²) in [6.07, 6.45) is 74.7. The predicted molar refractivity (Wildman–Crippen MR) is 335 cm³/mol. The van der Waals surface area contributed by atoms with Crippen LogP contribution in [-0.4, -0.2) is 68.5 Å². The van der Waals surface area contributed by atoms with Crippen molar-refractivity contribution in [2.24, 2.45) is 0 Å². The van der Waals surface area contributed by atoms with Crippen molar-refractivity contribution in [2.45, 2.75) is 392 Å². The molecule has 2 N–H and O–H groups in total. The Bertz CT molecular complexity index is 1220. The van der Waals surface area contributed by atoms with Gasteiger partial charge in [0.25, 0.3) is 7.82 Å². The van der Waals surface area contributed by atoms with Gasteiger partial charge in [0.1, 0.15) is 13.2 Å². The predicted octanol–water partition coefficient (Wildman–Crippen LogP) is 21.3. The molecule has 1 amide bonds. The topological polar surface area (TPSA) is 108 Å². The number of nitrogens with one attached hydrogen (secondary N) is 1. The second-order valence-corrected chi connectivity index (χ2v) is 27.0. The number of hydrogen-bond acceptors (Lipinski definition) is 6. The summed E-state index contributed by atoms with van der Waals surface area (Å²) in [6, 6.07) is -0.796. The number of carbonyl (C=O) groups is 1. The summed E-state index contributed by atoms with van der Waals surface area (Å²) in [6.45, 7) is 4.80. The first-order valence-electron chi connectivity index (χ1n) is 34.9. The van der Waals surface area contributed by atoms with Crippen molar-refractivity contribution in [3.63, 3.8) is 0 Å². The molecule has 3 atom stereocenters. The summed E-state index contributed by atoms with van der Waals surface area (Å²) in [5.74, 6) is -0.154. The molecule has 0 aliphatic heterocycles. The highest BCUT2D eigenvalue weighted by Crippen LogP contribution is 2.38. The first kappa shape index (κ1) is 76.5. The molecule has 8 nitrogen and oxygen atoms in total. The van der Waals surface area contributed by atoms with Gasteiger partial charge in [0.2, 0.25) is 5.91 Å². The summed E-state index contributed by atoms with van der Waals surface area (Å²) in [4.78, 5) is 25.6. The van der Waals surface area contributed by atoms with Crippen LogP contribution in [0, 0.1) is 0 Å². The van der Waals surface area contributed by atoms with Crippen LogP contribution in [0.15, 0.2) is 0 Å². The van der Waals surface area contributed by atoms with Crippen LogP contribution in [0.25, 0.3) is 0 Å². The number of aliphatic hydroxyl groups excluding tert-OH is 1. The maximum Gasteiger partial charge on any atom is 0.268 e. The normalized spacial score (nSPS) is 13.6. The van der Waals surface area contributed by atoms with Gasteiger partial charge in [-0.05, 0) is 12.8 Å². The number of nitrogens with zero attached hydrogens (tertiary/aromatic N) is 1. The molecule has 462 valence electrons. The molecule has 0 rings (SSSR count). The minimum absolute atomic E-state index is 0.0169. The quantitative estimate of drug-likeness (QED) is 0.0357. The van der Waals surface area contributed by atoms with Gasteiger partial charge in [-0.2, -0.15) is 0 Å².